The van der Waals surface area contributed by atoms with Crippen molar-refractivity contribution in [3.63, 3.8) is 0 Å². The Kier molecular flexibility index (Phi) is 3.90. The highest BCUT2D eigenvalue weighted by atomic mass is 15.4. The Bertz CT molecular complexity index is 322. The van der Waals surface area contributed by atoms with Gasteiger partial charge in [0, 0.05) is 26.3 Å². The predicted molar refractivity (Wildman–Crippen MR) is 62.9 cm³/mol. The van der Waals surface area contributed by atoms with Crippen LogP contribution in [0.2, 0.25) is 0 Å². The van der Waals surface area contributed by atoms with Gasteiger partial charge in [-0.3, -0.25) is 4.68 Å². The van der Waals surface area contributed by atoms with Crippen LogP contribution < -0.4 is 5.32 Å². The Morgan fingerprint density at radius 3 is 3.06 bits per heavy atom. The van der Waals surface area contributed by atoms with E-state index in [0.717, 1.165) is 24.7 Å². The van der Waals surface area contributed by atoms with Crippen LogP contribution in [0, 0.1) is 5.92 Å². The van der Waals surface area contributed by atoms with Crippen LogP contribution in [0.5, 0.6) is 0 Å². The zero-order valence-electron chi connectivity index (χ0n) is 10.2. The van der Waals surface area contributed by atoms with Crippen molar-refractivity contribution in [3.8, 4) is 0 Å². The molecule has 1 atom stereocenters. The number of nitrogens with zero attached hydrogens (tertiary/aromatic N) is 4. The molecule has 0 radical (unpaired) electrons. The Morgan fingerprint density at radius 1 is 1.56 bits per heavy atom. The van der Waals surface area contributed by atoms with Gasteiger partial charge in [-0.25, -0.2) is 0 Å². The molecule has 2 rings (SSSR count). The summed E-state index contributed by atoms with van der Waals surface area (Å²) in [4.78, 5) is 2.51. The molecule has 0 aliphatic carbocycles. The van der Waals surface area contributed by atoms with Crippen molar-refractivity contribution in [2.45, 2.75) is 19.9 Å². The highest BCUT2D eigenvalue weighted by Gasteiger charge is 2.20. The molecule has 1 aromatic heterocycles. The van der Waals surface area contributed by atoms with Crippen LogP contribution in [-0.4, -0.2) is 46.1 Å². The van der Waals surface area contributed by atoms with Crippen molar-refractivity contribution in [2.75, 3.05) is 26.2 Å². The molecular weight excluding hydrogens is 202 g/mol. The first-order valence-corrected chi connectivity index (χ1v) is 6.06. The zero-order chi connectivity index (χ0) is 11.4. The Hall–Kier alpha value is -0.940. The van der Waals surface area contributed by atoms with Gasteiger partial charge in [0.25, 0.3) is 0 Å². The molecule has 1 unspecified atom stereocenters. The minimum absolute atomic E-state index is 0.802. The van der Waals surface area contributed by atoms with E-state index >= 15 is 0 Å². The van der Waals surface area contributed by atoms with E-state index < -0.39 is 0 Å². The SMILES string of the molecule is CCN1CCC(CNCc2cn(C)nn2)C1. The number of hydrogen-bond donors (Lipinski definition) is 1. The molecule has 2 heterocycles. The lowest BCUT2D eigenvalue weighted by Crippen LogP contribution is -2.26. The predicted octanol–water partition coefficient (Wildman–Crippen LogP) is 0.246. The summed E-state index contributed by atoms with van der Waals surface area (Å²) in [6.07, 6.45) is 3.28. The minimum atomic E-state index is 0.802. The molecule has 5 heteroatoms. The van der Waals surface area contributed by atoms with E-state index in [-0.39, 0.29) is 0 Å². The molecule has 90 valence electrons. The van der Waals surface area contributed by atoms with Gasteiger partial charge < -0.3 is 10.2 Å². The van der Waals surface area contributed by atoms with Gasteiger partial charge >= 0.3 is 0 Å². The monoisotopic (exact) mass is 223 g/mol. The van der Waals surface area contributed by atoms with Crippen LogP contribution >= 0.6 is 0 Å². The lowest BCUT2D eigenvalue weighted by Gasteiger charge is -2.13. The van der Waals surface area contributed by atoms with Gasteiger partial charge in [-0.05, 0) is 32.0 Å². The van der Waals surface area contributed by atoms with Gasteiger partial charge in [0.05, 0.1) is 5.69 Å². The summed E-state index contributed by atoms with van der Waals surface area (Å²) in [5, 5.41) is 11.4. The lowest BCUT2D eigenvalue weighted by molar-refractivity contribution is 0.338. The summed E-state index contributed by atoms with van der Waals surface area (Å²) < 4.78 is 1.74. The van der Waals surface area contributed by atoms with E-state index in [1.165, 1.54) is 26.1 Å². The molecule has 1 aliphatic rings. The van der Waals surface area contributed by atoms with Gasteiger partial charge in [0.2, 0.25) is 0 Å². The Morgan fingerprint density at radius 2 is 2.44 bits per heavy atom. The first kappa shape index (κ1) is 11.5. The summed E-state index contributed by atoms with van der Waals surface area (Å²) in [6.45, 7) is 7.83. The zero-order valence-corrected chi connectivity index (χ0v) is 10.2. The maximum Gasteiger partial charge on any atom is 0.0964 e. The van der Waals surface area contributed by atoms with E-state index in [9.17, 15) is 0 Å². The second-order valence-corrected chi connectivity index (χ2v) is 4.56. The molecule has 1 fully saturated rings. The van der Waals surface area contributed by atoms with Crippen LogP contribution in [-0.2, 0) is 13.6 Å². The van der Waals surface area contributed by atoms with Gasteiger partial charge in [-0.2, -0.15) is 0 Å². The second-order valence-electron chi connectivity index (χ2n) is 4.56. The summed E-state index contributed by atoms with van der Waals surface area (Å²) >= 11 is 0. The fourth-order valence-electron chi connectivity index (χ4n) is 2.25. The molecule has 0 amide bonds. The van der Waals surface area contributed by atoms with Gasteiger partial charge in [-0.15, -0.1) is 5.10 Å². The topological polar surface area (TPSA) is 46.0 Å². The third kappa shape index (κ3) is 3.02. The smallest absolute Gasteiger partial charge is 0.0964 e. The molecule has 1 N–H and O–H groups in total. The average molecular weight is 223 g/mol. The van der Waals surface area contributed by atoms with Crippen molar-refractivity contribution in [2.24, 2.45) is 13.0 Å². The number of aromatic nitrogens is 3. The number of hydrogen-bond acceptors (Lipinski definition) is 4. The third-order valence-corrected chi connectivity index (χ3v) is 3.21. The van der Waals surface area contributed by atoms with Crippen molar-refractivity contribution in [3.05, 3.63) is 11.9 Å². The summed E-state index contributed by atoms with van der Waals surface area (Å²) in [5.74, 6) is 0.802. The summed E-state index contributed by atoms with van der Waals surface area (Å²) in [5.41, 5.74) is 1.02. The lowest BCUT2D eigenvalue weighted by atomic mass is 10.1. The van der Waals surface area contributed by atoms with E-state index in [1.807, 2.05) is 13.2 Å². The normalized spacial score (nSPS) is 21.8. The standard InChI is InChI=1S/C11H21N5/c1-3-16-5-4-10(8-16)6-12-7-11-9-15(2)14-13-11/h9-10,12H,3-8H2,1-2H3. The first-order chi connectivity index (χ1) is 7.78. The second kappa shape index (κ2) is 5.41. The summed E-state index contributed by atoms with van der Waals surface area (Å²) in [7, 11) is 1.90. The molecular formula is C11H21N5. The van der Waals surface area contributed by atoms with E-state index in [0.29, 0.717) is 0 Å². The number of likely N-dealkylation sites (tertiary alicyclic amines) is 1. The quantitative estimate of drug-likeness (QED) is 0.777. The highest BCUT2D eigenvalue weighted by molar-refractivity contribution is 4.91. The van der Waals surface area contributed by atoms with Crippen molar-refractivity contribution < 1.29 is 0 Å². The molecule has 1 saturated heterocycles. The van der Waals surface area contributed by atoms with Gasteiger partial charge in [0.1, 0.15) is 0 Å². The maximum atomic E-state index is 4.05. The largest absolute Gasteiger partial charge is 0.311 e. The molecule has 1 aliphatic heterocycles. The highest BCUT2D eigenvalue weighted by Crippen LogP contribution is 2.14. The molecule has 1 aromatic rings. The molecule has 0 aromatic carbocycles. The number of aryl methyl sites for hydroxylation is 1. The first-order valence-electron chi connectivity index (χ1n) is 6.06. The average Bonchev–Trinajstić information content (AvgIpc) is 2.88. The molecule has 0 saturated carbocycles. The fourth-order valence-corrected chi connectivity index (χ4v) is 2.25. The third-order valence-electron chi connectivity index (χ3n) is 3.21. The van der Waals surface area contributed by atoms with Crippen LogP contribution in [0.25, 0.3) is 0 Å². The Labute approximate surface area is 96.8 Å². The molecule has 5 nitrogen and oxygen atoms in total. The van der Waals surface area contributed by atoms with Gasteiger partial charge in [0.15, 0.2) is 0 Å². The van der Waals surface area contributed by atoms with Gasteiger partial charge in [-0.1, -0.05) is 12.1 Å². The number of rotatable bonds is 5. The van der Waals surface area contributed by atoms with Crippen molar-refractivity contribution >= 4 is 0 Å². The fraction of sp³-hybridized carbons (Fsp3) is 0.818. The molecule has 0 bridgehead atoms. The Balaban J connectivity index is 1.65. The summed E-state index contributed by atoms with van der Waals surface area (Å²) in [6, 6.07) is 0. The molecule has 16 heavy (non-hydrogen) atoms. The van der Waals surface area contributed by atoms with E-state index in [4.69, 9.17) is 0 Å². The number of nitrogens with one attached hydrogen (secondary N) is 1. The van der Waals surface area contributed by atoms with Crippen LogP contribution in [0.15, 0.2) is 6.20 Å². The maximum absolute atomic E-state index is 4.05. The molecule has 0 spiro atoms. The van der Waals surface area contributed by atoms with E-state index in [1.54, 1.807) is 4.68 Å². The van der Waals surface area contributed by atoms with Crippen LogP contribution in [0.1, 0.15) is 19.0 Å². The van der Waals surface area contributed by atoms with Crippen molar-refractivity contribution in [1.82, 2.24) is 25.2 Å². The van der Waals surface area contributed by atoms with Crippen molar-refractivity contribution in [1.29, 1.82) is 0 Å². The minimum Gasteiger partial charge on any atom is -0.311 e. The van der Waals surface area contributed by atoms with Crippen LogP contribution in [0.4, 0.5) is 0 Å². The van der Waals surface area contributed by atoms with E-state index in [2.05, 4.69) is 27.5 Å². The van der Waals surface area contributed by atoms with Crippen LogP contribution in [0.3, 0.4) is 0 Å².